The van der Waals surface area contributed by atoms with Gasteiger partial charge < -0.3 is 10.4 Å². The Hall–Kier alpha value is -0.570. The monoisotopic (exact) mass is 285 g/mol. The Bertz CT molecular complexity index is 207. The molecule has 120 valence electrons. The fraction of sp³-hybridized carbons (Fsp3) is 0.941. The molecular formula is C17H35NO2. The van der Waals surface area contributed by atoms with Crippen molar-refractivity contribution >= 4 is 5.91 Å². The second kappa shape index (κ2) is 16.5. The van der Waals surface area contributed by atoms with Crippen molar-refractivity contribution < 1.29 is 9.90 Å². The first kappa shape index (κ1) is 19.4. The van der Waals surface area contributed by atoms with Crippen LogP contribution in [0.3, 0.4) is 0 Å². The maximum atomic E-state index is 11.5. The third-order valence-electron chi connectivity index (χ3n) is 3.66. The average molecular weight is 285 g/mol. The summed E-state index contributed by atoms with van der Waals surface area (Å²) < 4.78 is 0. The van der Waals surface area contributed by atoms with Crippen LogP contribution in [0.2, 0.25) is 0 Å². The van der Waals surface area contributed by atoms with E-state index in [1.807, 2.05) is 0 Å². The smallest absolute Gasteiger partial charge is 0.219 e. The van der Waals surface area contributed by atoms with E-state index < -0.39 is 0 Å². The fourth-order valence-corrected chi connectivity index (χ4v) is 2.33. The molecule has 0 aliphatic heterocycles. The highest BCUT2D eigenvalue weighted by molar-refractivity contribution is 5.75. The zero-order chi connectivity index (χ0) is 14.9. The number of unbranched alkanes of at least 4 members (excludes halogenated alkanes) is 10. The molecular weight excluding hydrogens is 250 g/mol. The molecule has 20 heavy (non-hydrogen) atoms. The summed E-state index contributed by atoms with van der Waals surface area (Å²) >= 11 is 0. The molecule has 0 saturated heterocycles. The molecule has 0 rings (SSSR count). The first-order chi connectivity index (χ1) is 9.81. The maximum absolute atomic E-state index is 11.5. The van der Waals surface area contributed by atoms with Crippen LogP contribution in [0.15, 0.2) is 0 Å². The first-order valence-corrected chi connectivity index (χ1v) is 8.68. The van der Waals surface area contributed by atoms with Gasteiger partial charge in [-0.15, -0.1) is 0 Å². The van der Waals surface area contributed by atoms with Crippen LogP contribution in [0.5, 0.6) is 0 Å². The largest absolute Gasteiger partial charge is 0.396 e. The molecule has 0 radical (unpaired) electrons. The van der Waals surface area contributed by atoms with Crippen LogP contribution < -0.4 is 5.32 Å². The van der Waals surface area contributed by atoms with E-state index in [4.69, 9.17) is 5.11 Å². The summed E-state index contributed by atoms with van der Waals surface area (Å²) in [7, 11) is 0. The predicted molar refractivity (Wildman–Crippen MR) is 85.8 cm³/mol. The van der Waals surface area contributed by atoms with Gasteiger partial charge in [-0.3, -0.25) is 4.79 Å². The molecule has 0 atom stereocenters. The molecule has 0 aromatic rings. The summed E-state index contributed by atoms with van der Waals surface area (Å²) in [4.78, 5) is 11.5. The van der Waals surface area contributed by atoms with Crippen LogP contribution in [0.1, 0.15) is 90.4 Å². The molecule has 3 nitrogen and oxygen atoms in total. The second-order valence-electron chi connectivity index (χ2n) is 5.71. The number of hydrogen-bond acceptors (Lipinski definition) is 2. The van der Waals surface area contributed by atoms with Gasteiger partial charge in [-0.05, 0) is 19.3 Å². The Morgan fingerprint density at radius 3 is 1.90 bits per heavy atom. The number of rotatable bonds is 15. The van der Waals surface area contributed by atoms with E-state index in [1.54, 1.807) is 0 Å². The highest BCUT2D eigenvalue weighted by Crippen LogP contribution is 2.10. The van der Waals surface area contributed by atoms with Gasteiger partial charge in [-0.25, -0.2) is 0 Å². The zero-order valence-electron chi connectivity index (χ0n) is 13.5. The van der Waals surface area contributed by atoms with Gasteiger partial charge in [0.1, 0.15) is 0 Å². The van der Waals surface area contributed by atoms with Gasteiger partial charge in [-0.2, -0.15) is 0 Å². The Labute approximate surface area is 125 Å². The predicted octanol–water partition coefficient (Wildman–Crippen LogP) is 4.19. The molecule has 0 bridgehead atoms. The van der Waals surface area contributed by atoms with Crippen LogP contribution in [0.25, 0.3) is 0 Å². The first-order valence-electron chi connectivity index (χ1n) is 8.68. The molecule has 0 aliphatic carbocycles. The molecule has 1 amide bonds. The van der Waals surface area contributed by atoms with Gasteiger partial charge in [0.05, 0.1) is 0 Å². The molecule has 0 aromatic heterocycles. The lowest BCUT2D eigenvalue weighted by molar-refractivity contribution is -0.121. The number of hydrogen-bond donors (Lipinski definition) is 2. The Morgan fingerprint density at radius 1 is 0.800 bits per heavy atom. The number of amides is 1. The molecule has 0 spiro atoms. The highest BCUT2D eigenvalue weighted by Gasteiger charge is 2.00. The van der Waals surface area contributed by atoms with Gasteiger partial charge in [-0.1, -0.05) is 64.7 Å². The third-order valence-corrected chi connectivity index (χ3v) is 3.66. The van der Waals surface area contributed by atoms with Crippen LogP contribution in [-0.2, 0) is 4.79 Å². The number of nitrogens with one attached hydrogen (secondary N) is 1. The van der Waals surface area contributed by atoms with E-state index in [0.717, 1.165) is 32.2 Å². The molecule has 0 aromatic carbocycles. The van der Waals surface area contributed by atoms with E-state index in [1.165, 1.54) is 51.4 Å². The van der Waals surface area contributed by atoms with Crippen molar-refractivity contribution in [1.82, 2.24) is 5.32 Å². The van der Waals surface area contributed by atoms with Crippen LogP contribution in [-0.4, -0.2) is 24.2 Å². The molecule has 0 heterocycles. The van der Waals surface area contributed by atoms with Crippen molar-refractivity contribution in [2.45, 2.75) is 90.4 Å². The Morgan fingerprint density at radius 2 is 1.35 bits per heavy atom. The average Bonchev–Trinajstić information content (AvgIpc) is 2.45. The van der Waals surface area contributed by atoms with E-state index >= 15 is 0 Å². The van der Waals surface area contributed by atoms with Gasteiger partial charge >= 0.3 is 0 Å². The Balaban J connectivity index is 3.09. The normalized spacial score (nSPS) is 10.7. The summed E-state index contributed by atoms with van der Waals surface area (Å²) in [6, 6.07) is 0. The van der Waals surface area contributed by atoms with Gasteiger partial charge in [0.15, 0.2) is 0 Å². The van der Waals surface area contributed by atoms with E-state index in [-0.39, 0.29) is 5.91 Å². The van der Waals surface area contributed by atoms with Crippen LogP contribution >= 0.6 is 0 Å². The van der Waals surface area contributed by atoms with Crippen molar-refractivity contribution in [1.29, 1.82) is 0 Å². The highest BCUT2D eigenvalue weighted by atomic mass is 16.2. The van der Waals surface area contributed by atoms with Gasteiger partial charge in [0.25, 0.3) is 0 Å². The Kier molecular flexibility index (Phi) is 16.0. The number of aliphatic hydroxyl groups excluding tert-OH is 1. The SMILES string of the molecule is CCCCCNC(=O)CCCCCCCCCCCO. The third kappa shape index (κ3) is 15.5. The molecule has 0 saturated carbocycles. The van der Waals surface area contributed by atoms with E-state index in [9.17, 15) is 4.79 Å². The number of carbonyl (C=O) groups excluding carboxylic acids is 1. The summed E-state index contributed by atoms with van der Waals surface area (Å²) in [6.45, 7) is 3.36. The molecule has 0 unspecified atom stereocenters. The summed E-state index contributed by atoms with van der Waals surface area (Å²) in [5, 5.41) is 11.6. The minimum Gasteiger partial charge on any atom is -0.396 e. The van der Waals surface area contributed by atoms with Crippen LogP contribution in [0.4, 0.5) is 0 Å². The standard InChI is InChI=1S/C17H35NO2/c1-2-3-12-15-18-17(20)14-11-9-7-5-4-6-8-10-13-16-19/h19H,2-16H2,1H3,(H,18,20). The quantitative estimate of drug-likeness (QED) is 0.443. The summed E-state index contributed by atoms with van der Waals surface area (Å²) in [5.41, 5.74) is 0. The van der Waals surface area contributed by atoms with Crippen LogP contribution in [0, 0.1) is 0 Å². The van der Waals surface area contributed by atoms with Crippen molar-refractivity contribution in [3.05, 3.63) is 0 Å². The number of carbonyl (C=O) groups is 1. The fourth-order valence-electron chi connectivity index (χ4n) is 2.33. The lowest BCUT2D eigenvalue weighted by Gasteiger charge is -2.05. The number of aliphatic hydroxyl groups is 1. The lowest BCUT2D eigenvalue weighted by Crippen LogP contribution is -2.23. The molecule has 0 aliphatic rings. The summed E-state index contributed by atoms with van der Waals surface area (Å²) in [6.07, 6.45) is 14.9. The van der Waals surface area contributed by atoms with Gasteiger partial charge in [0, 0.05) is 19.6 Å². The van der Waals surface area contributed by atoms with Crippen molar-refractivity contribution in [3.63, 3.8) is 0 Å². The van der Waals surface area contributed by atoms with Crippen molar-refractivity contribution in [3.8, 4) is 0 Å². The molecule has 2 N–H and O–H groups in total. The van der Waals surface area contributed by atoms with Crippen molar-refractivity contribution in [2.24, 2.45) is 0 Å². The van der Waals surface area contributed by atoms with E-state index in [2.05, 4.69) is 12.2 Å². The zero-order valence-corrected chi connectivity index (χ0v) is 13.5. The van der Waals surface area contributed by atoms with E-state index in [0.29, 0.717) is 13.0 Å². The summed E-state index contributed by atoms with van der Waals surface area (Å²) in [5.74, 6) is 0.227. The molecule has 0 fully saturated rings. The topological polar surface area (TPSA) is 49.3 Å². The van der Waals surface area contributed by atoms with Crippen molar-refractivity contribution in [2.75, 3.05) is 13.2 Å². The second-order valence-corrected chi connectivity index (χ2v) is 5.71. The lowest BCUT2D eigenvalue weighted by atomic mass is 10.1. The minimum absolute atomic E-state index is 0.227. The maximum Gasteiger partial charge on any atom is 0.219 e. The molecule has 3 heteroatoms. The van der Waals surface area contributed by atoms with Gasteiger partial charge in [0.2, 0.25) is 5.91 Å². The minimum atomic E-state index is 0.227.